The molecule has 1 amide bonds. The van der Waals surface area contributed by atoms with Gasteiger partial charge in [0, 0.05) is 39.1 Å². The molecular formula is C21H25ClN4O. The highest BCUT2D eigenvalue weighted by Gasteiger charge is 2.25. The van der Waals surface area contributed by atoms with E-state index in [4.69, 9.17) is 11.6 Å². The number of carbonyl (C=O) groups excluding carboxylic acids is 1. The van der Waals surface area contributed by atoms with Crippen LogP contribution in [0.15, 0.2) is 59.6 Å². The third-order valence-corrected chi connectivity index (χ3v) is 5.11. The minimum absolute atomic E-state index is 0.164. The molecule has 1 saturated heterocycles. The maximum Gasteiger partial charge on any atom is 0.252 e. The van der Waals surface area contributed by atoms with Crippen LogP contribution in [0.2, 0.25) is 5.02 Å². The molecule has 1 unspecified atom stereocenters. The number of guanidine groups is 1. The van der Waals surface area contributed by atoms with E-state index in [0.29, 0.717) is 29.6 Å². The summed E-state index contributed by atoms with van der Waals surface area (Å²) in [4.78, 5) is 18.8. The second kappa shape index (κ2) is 9.42. The Kier molecular flexibility index (Phi) is 6.71. The normalized spacial score (nSPS) is 17.0. The molecule has 1 aliphatic heterocycles. The quantitative estimate of drug-likeness (QED) is 0.473. The molecule has 2 aromatic carbocycles. The van der Waals surface area contributed by atoms with Crippen molar-refractivity contribution >= 4 is 23.5 Å². The summed E-state index contributed by atoms with van der Waals surface area (Å²) in [5, 5.41) is 6.68. The number of hydrogen-bond donors (Lipinski definition) is 2. The fourth-order valence-corrected chi connectivity index (χ4v) is 3.59. The lowest BCUT2D eigenvalue weighted by Gasteiger charge is -2.22. The zero-order valence-electron chi connectivity index (χ0n) is 15.5. The Morgan fingerprint density at radius 1 is 1.11 bits per heavy atom. The molecule has 0 aromatic heterocycles. The summed E-state index contributed by atoms with van der Waals surface area (Å²) in [6, 6.07) is 17.7. The van der Waals surface area contributed by atoms with Crippen LogP contribution in [0.5, 0.6) is 0 Å². The molecule has 2 aromatic rings. The molecule has 0 bridgehead atoms. The van der Waals surface area contributed by atoms with Gasteiger partial charge in [-0.15, -0.1) is 0 Å². The van der Waals surface area contributed by atoms with Gasteiger partial charge in [0.15, 0.2) is 5.96 Å². The number of aliphatic imine (C=N–C) groups is 1. The highest BCUT2D eigenvalue weighted by Crippen LogP contribution is 2.26. The predicted molar refractivity (Wildman–Crippen MR) is 111 cm³/mol. The second-order valence-corrected chi connectivity index (χ2v) is 6.96. The van der Waals surface area contributed by atoms with E-state index >= 15 is 0 Å². The minimum atomic E-state index is -0.164. The van der Waals surface area contributed by atoms with E-state index in [-0.39, 0.29) is 5.91 Å². The van der Waals surface area contributed by atoms with E-state index in [0.717, 1.165) is 25.5 Å². The average molecular weight is 385 g/mol. The highest BCUT2D eigenvalue weighted by atomic mass is 35.5. The third kappa shape index (κ3) is 5.01. The van der Waals surface area contributed by atoms with Crippen molar-refractivity contribution in [2.24, 2.45) is 4.99 Å². The third-order valence-electron chi connectivity index (χ3n) is 4.78. The largest absolute Gasteiger partial charge is 0.354 e. The number of carbonyl (C=O) groups is 1. The molecule has 3 rings (SSSR count). The zero-order chi connectivity index (χ0) is 19.1. The highest BCUT2D eigenvalue weighted by molar-refractivity contribution is 6.33. The van der Waals surface area contributed by atoms with Crippen molar-refractivity contribution in [3.8, 4) is 0 Å². The lowest BCUT2D eigenvalue weighted by molar-refractivity contribution is 0.0954. The number of nitrogens with zero attached hydrogens (tertiary/aromatic N) is 2. The van der Waals surface area contributed by atoms with Gasteiger partial charge >= 0.3 is 0 Å². The van der Waals surface area contributed by atoms with Crippen LogP contribution in [-0.4, -0.2) is 50.0 Å². The first-order valence-corrected chi connectivity index (χ1v) is 9.60. The Morgan fingerprint density at radius 2 is 1.81 bits per heavy atom. The van der Waals surface area contributed by atoms with Crippen LogP contribution in [0.4, 0.5) is 0 Å². The predicted octanol–water partition coefficient (Wildman–Crippen LogP) is 3.13. The zero-order valence-corrected chi connectivity index (χ0v) is 16.2. The fraction of sp³-hybridized carbons (Fsp3) is 0.333. The molecule has 2 N–H and O–H groups in total. The monoisotopic (exact) mass is 384 g/mol. The number of hydrogen-bond acceptors (Lipinski definition) is 2. The van der Waals surface area contributed by atoms with Crippen LogP contribution in [0.3, 0.4) is 0 Å². The van der Waals surface area contributed by atoms with Crippen molar-refractivity contribution in [1.29, 1.82) is 0 Å². The molecule has 1 heterocycles. The van der Waals surface area contributed by atoms with Crippen LogP contribution >= 0.6 is 11.6 Å². The molecule has 0 spiro atoms. The molecule has 1 atom stereocenters. The Labute approximate surface area is 165 Å². The summed E-state index contributed by atoms with van der Waals surface area (Å²) < 4.78 is 0. The maximum absolute atomic E-state index is 12.2. The van der Waals surface area contributed by atoms with Crippen molar-refractivity contribution < 1.29 is 4.79 Å². The van der Waals surface area contributed by atoms with E-state index in [1.54, 1.807) is 25.2 Å². The van der Waals surface area contributed by atoms with E-state index in [9.17, 15) is 4.79 Å². The van der Waals surface area contributed by atoms with Gasteiger partial charge < -0.3 is 15.5 Å². The summed E-state index contributed by atoms with van der Waals surface area (Å²) in [6.07, 6.45) is 1.12. The van der Waals surface area contributed by atoms with Crippen molar-refractivity contribution in [1.82, 2.24) is 15.5 Å². The summed E-state index contributed by atoms with van der Waals surface area (Å²) >= 11 is 6.05. The van der Waals surface area contributed by atoms with E-state index in [1.165, 1.54) is 5.56 Å². The first-order chi connectivity index (χ1) is 13.2. The van der Waals surface area contributed by atoms with E-state index < -0.39 is 0 Å². The molecule has 1 aliphatic rings. The molecule has 1 fully saturated rings. The smallest absolute Gasteiger partial charge is 0.252 e. The molecule has 6 heteroatoms. The number of likely N-dealkylation sites (tertiary alicyclic amines) is 1. The average Bonchev–Trinajstić information content (AvgIpc) is 3.19. The minimum Gasteiger partial charge on any atom is -0.354 e. The number of benzene rings is 2. The van der Waals surface area contributed by atoms with Crippen LogP contribution in [0.1, 0.15) is 28.3 Å². The van der Waals surface area contributed by atoms with Crippen LogP contribution in [0, 0.1) is 0 Å². The van der Waals surface area contributed by atoms with Crippen molar-refractivity contribution in [3.63, 3.8) is 0 Å². The Bertz CT molecular complexity index is 794. The van der Waals surface area contributed by atoms with E-state index in [2.05, 4.69) is 44.8 Å². The molecule has 27 heavy (non-hydrogen) atoms. The van der Waals surface area contributed by atoms with Gasteiger partial charge in [-0.2, -0.15) is 0 Å². The van der Waals surface area contributed by atoms with Gasteiger partial charge in [-0.1, -0.05) is 54.1 Å². The Balaban J connectivity index is 1.45. The first-order valence-electron chi connectivity index (χ1n) is 9.22. The summed E-state index contributed by atoms with van der Waals surface area (Å²) in [7, 11) is 1.79. The van der Waals surface area contributed by atoms with E-state index in [1.807, 2.05) is 12.1 Å². The van der Waals surface area contributed by atoms with Gasteiger partial charge in [-0.3, -0.25) is 9.79 Å². The van der Waals surface area contributed by atoms with Gasteiger partial charge in [0.1, 0.15) is 0 Å². The van der Waals surface area contributed by atoms with Crippen molar-refractivity contribution in [2.75, 3.05) is 33.2 Å². The lowest BCUT2D eigenvalue weighted by Crippen LogP contribution is -2.43. The fourth-order valence-electron chi connectivity index (χ4n) is 3.37. The summed E-state index contributed by atoms with van der Waals surface area (Å²) in [6.45, 7) is 3.04. The lowest BCUT2D eigenvalue weighted by atomic mass is 9.99. The number of amides is 1. The van der Waals surface area contributed by atoms with Gasteiger partial charge in [0.05, 0.1) is 10.6 Å². The Hall–Kier alpha value is -2.53. The van der Waals surface area contributed by atoms with Gasteiger partial charge in [-0.05, 0) is 24.1 Å². The molecule has 142 valence electrons. The van der Waals surface area contributed by atoms with Crippen LogP contribution in [0.25, 0.3) is 0 Å². The number of rotatable bonds is 5. The molecule has 0 radical (unpaired) electrons. The van der Waals surface area contributed by atoms with Crippen LogP contribution < -0.4 is 10.6 Å². The molecule has 0 saturated carbocycles. The number of nitrogens with one attached hydrogen (secondary N) is 2. The van der Waals surface area contributed by atoms with Gasteiger partial charge in [0.2, 0.25) is 0 Å². The van der Waals surface area contributed by atoms with Gasteiger partial charge in [0.25, 0.3) is 5.91 Å². The van der Waals surface area contributed by atoms with Gasteiger partial charge in [-0.25, -0.2) is 0 Å². The van der Waals surface area contributed by atoms with Crippen molar-refractivity contribution in [3.05, 3.63) is 70.7 Å². The molecule has 0 aliphatic carbocycles. The summed E-state index contributed by atoms with van der Waals surface area (Å²) in [5.41, 5.74) is 1.87. The molecule has 5 nitrogen and oxygen atoms in total. The first kappa shape index (κ1) is 19.2. The summed E-state index contributed by atoms with van der Waals surface area (Å²) in [5.74, 6) is 1.24. The maximum atomic E-state index is 12.2. The van der Waals surface area contributed by atoms with Crippen molar-refractivity contribution in [2.45, 2.75) is 12.3 Å². The standard InChI is InChI=1S/C21H25ClN4O/c1-23-21(26-14-11-17(15-26)16-7-3-2-4-8-16)25-13-12-24-20(27)18-9-5-6-10-19(18)22/h2-10,17H,11-15H2,1H3,(H,23,25)(H,24,27). The molecular weight excluding hydrogens is 360 g/mol. The topological polar surface area (TPSA) is 56.7 Å². The Morgan fingerprint density at radius 3 is 2.56 bits per heavy atom. The number of halogens is 1. The SMILES string of the molecule is CN=C(NCCNC(=O)c1ccccc1Cl)N1CCC(c2ccccc2)C1. The van der Waals surface area contributed by atoms with Crippen LogP contribution in [-0.2, 0) is 0 Å². The second-order valence-electron chi connectivity index (χ2n) is 6.55.